The molecule has 7 heteroatoms. The highest BCUT2D eigenvalue weighted by Gasteiger charge is 2.54. The van der Waals surface area contributed by atoms with Crippen molar-refractivity contribution in [1.82, 2.24) is 9.38 Å². The molecule has 0 spiro atoms. The number of hydrogen-bond acceptors (Lipinski definition) is 1. The Morgan fingerprint density at radius 2 is 1.79 bits per heavy atom. The number of rotatable bonds is 1. The van der Waals surface area contributed by atoms with Crippen molar-refractivity contribution in [3.05, 3.63) is 64.6 Å². The van der Waals surface area contributed by atoms with Gasteiger partial charge in [0.2, 0.25) is 0 Å². The summed E-state index contributed by atoms with van der Waals surface area (Å²) in [5.74, 6) is -0.201. The summed E-state index contributed by atoms with van der Waals surface area (Å²) in [5.41, 5.74) is 2.24. The summed E-state index contributed by atoms with van der Waals surface area (Å²) in [5, 5.41) is 0. The van der Waals surface area contributed by atoms with Gasteiger partial charge in [-0.05, 0) is 43.3 Å². The molecule has 0 aliphatic carbocycles. The number of aromatic nitrogens is 1. The molecule has 1 aromatic carbocycles. The predicted molar refractivity (Wildman–Crippen MR) is 88.8 cm³/mol. The standard InChI is InChI=1S/C17H16BF2N3O/c1-11-9-12(2)22-14(11)10-15-17(24)21(3)16(23(15)18(22,19)20)13-7-5-4-6-8-13/h4-10H,1-3H3. The third kappa shape index (κ3) is 1.72. The molecule has 1 amide bonds. The zero-order chi connectivity index (χ0) is 17.2. The molecule has 2 aromatic rings. The fourth-order valence-electron chi connectivity index (χ4n) is 3.69. The summed E-state index contributed by atoms with van der Waals surface area (Å²) >= 11 is 0. The molecule has 2 aliphatic rings. The first-order valence-corrected chi connectivity index (χ1v) is 7.76. The second-order valence-corrected chi connectivity index (χ2v) is 6.27. The molecular weight excluding hydrogens is 311 g/mol. The molecule has 0 fully saturated rings. The molecule has 0 N–H and O–H groups in total. The van der Waals surface area contributed by atoms with E-state index in [1.54, 1.807) is 50.3 Å². The predicted octanol–water partition coefficient (Wildman–Crippen LogP) is 2.61. The van der Waals surface area contributed by atoms with Gasteiger partial charge in [-0.3, -0.25) is 0 Å². The average Bonchev–Trinajstić information content (AvgIpc) is 2.97. The second kappa shape index (κ2) is 4.66. The van der Waals surface area contributed by atoms with E-state index in [-0.39, 0.29) is 11.5 Å². The van der Waals surface area contributed by atoms with Crippen molar-refractivity contribution in [3.63, 3.8) is 0 Å². The first kappa shape index (κ1) is 14.9. The molecule has 0 radical (unpaired) electrons. The number of benzene rings is 1. The maximum absolute atomic E-state index is 15.4. The van der Waals surface area contributed by atoms with Crippen LogP contribution in [0.25, 0.3) is 6.08 Å². The number of aryl methyl sites for hydroxylation is 2. The number of amides is 1. The monoisotopic (exact) mass is 327 g/mol. The second-order valence-electron chi connectivity index (χ2n) is 6.27. The van der Waals surface area contributed by atoms with Crippen LogP contribution in [-0.2, 0) is 4.79 Å². The van der Waals surface area contributed by atoms with Gasteiger partial charge in [-0.1, -0.05) is 18.2 Å². The van der Waals surface area contributed by atoms with Crippen molar-refractivity contribution in [2.45, 2.75) is 13.8 Å². The van der Waals surface area contributed by atoms with Crippen LogP contribution in [0.1, 0.15) is 22.5 Å². The number of carbonyl (C=O) groups is 1. The van der Waals surface area contributed by atoms with Gasteiger partial charge < -0.3 is 17.6 Å². The molecule has 0 saturated carbocycles. The number of carbonyl (C=O) groups excluding carboxylic acids is 1. The fraction of sp³-hybridized carbons (Fsp3) is 0.176. The van der Waals surface area contributed by atoms with E-state index in [4.69, 9.17) is 0 Å². The smallest absolute Gasteiger partial charge is 0.420 e. The minimum atomic E-state index is -4.15. The number of amidine groups is 1. The van der Waals surface area contributed by atoms with Gasteiger partial charge in [0.1, 0.15) is 0 Å². The van der Waals surface area contributed by atoms with Crippen LogP contribution in [-0.4, -0.2) is 39.6 Å². The number of nitrogens with zero attached hydrogens (tertiary/aromatic N) is 3. The molecule has 0 saturated heterocycles. The SMILES string of the molecule is Cc1cc(C)n2c1C=C1C(=O)N(C)C(c3ccccc3)=[N+]1[B-]2(F)F. The highest BCUT2D eigenvalue weighted by molar-refractivity contribution is 6.59. The van der Waals surface area contributed by atoms with Crippen LogP contribution in [0.15, 0.2) is 42.1 Å². The Kier molecular flexibility index (Phi) is 2.89. The van der Waals surface area contributed by atoms with E-state index in [1.807, 2.05) is 6.07 Å². The van der Waals surface area contributed by atoms with Gasteiger partial charge in [0.05, 0.1) is 12.6 Å². The Labute approximate surface area is 138 Å². The number of likely N-dealkylation sites (N-methyl/N-ethyl adjacent to an activating group) is 1. The lowest BCUT2D eigenvalue weighted by Gasteiger charge is -2.32. The van der Waals surface area contributed by atoms with Gasteiger partial charge in [-0.25, -0.2) is 4.79 Å². The molecule has 24 heavy (non-hydrogen) atoms. The van der Waals surface area contributed by atoms with Crippen LogP contribution < -0.4 is 0 Å². The summed E-state index contributed by atoms with van der Waals surface area (Å²) in [6.07, 6.45) is 1.57. The Morgan fingerprint density at radius 1 is 1.12 bits per heavy atom. The topological polar surface area (TPSA) is 28.2 Å². The molecule has 1 aromatic heterocycles. The Hall–Kier alpha value is -2.70. The van der Waals surface area contributed by atoms with E-state index in [9.17, 15) is 4.79 Å². The summed E-state index contributed by atoms with van der Waals surface area (Å²) in [6, 6.07) is 10.5. The van der Waals surface area contributed by atoms with E-state index in [0.717, 1.165) is 14.5 Å². The highest BCUT2D eigenvalue weighted by Crippen LogP contribution is 2.35. The molecule has 4 rings (SSSR count). The zero-order valence-corrected chi connectivity index (χ0v) is 13.6. The summed E-state index contributed by atoms with van der Waals surface area (Å²) in [7, 11) is 1.53. The van der Waals surface area contributed by atoms with Gasteiger partial charge in [0.15, 0.2) is 5.70 Å². The van der Waals surface area contributed by atoms with Gasteiger partial charge >= 0.3 is 12.9 Å². The van der Waals surface area contributed by atoms with Crippen LogP contribution in [0, 0.1) is 13.8 Å². The van der Waals surface area contributed by atoms with Gasteiger partial charge in [-0.15, -0.1) is 0 Å². The van der Waals surface area contributed by atoms with Crippen molar-refractivity contribution in [1.29, 1.82) is 0 Å². The molecule has 122 valence electrons. The minimum absolute atomic E-state index is 0.0232. The van der Waals surface area contributed by atoms with Crippen molar-refractivity contribution < 1.29 is 17.9 Å². The van der Waals surface area contributed by atoms with Gasteiger partial charge in [0, 0.05) is 11.8 Å². The molecule has 0 unspecified atom stereocenters. The molecule has 0 atom stereocenters. The Bertz CT molecular complexity index is 944. The van der Waals surface area contributed by atoms with E-state index in [0.29, 0.717) is 17.0 Å². The first-order valence-electron chi connectivity index (χ1n) is 7.76. The number of halogens is 2. The maximum atomic E-state index is 15.4. The Morgan fingerprint density at radius 3 is 2.46 bits per heavy atom. The van der Waals surface area contributed by atoms with Crippen LogP contribution in [0.2, 0.25) is 0 Å². The van der Waals surface area contributed by atoms with Crippen molar-refractivity contribution in [2.75, 3.05) is 7.05 Å². The molecule has 3 heterocycles. The largest absolute Gasteiger partial charge is 0.639 e. The average molecular weight is 327 g/mol. The third-order valence-electron chi connectivity index (χ3n) is 4.72. The van der Waals surface area contributed by atoms with Crippen molar-refractivity contribution in [2.24, 2.45) is 0 Å². The van der Waals surface area contributed by atoms with Crippen molar-refractivity contribution >= 4 is 24.8 Å². The van der Waals surface area contributed by atoms with E-state index in [1.165, 1.54) is 11.9 Å². The lowest BCUT2D eigenvalue weighted by molar-refractivity contribution is -0.360. The van der Waals surface area contributed by atoms with Crippen LogP contribution in [0.3, 0.4) is 0 Å². The lowest BCUT2D eigenvalue weighted by Crippen LogP contribution is -2.51. The molecular formula is C17H16BF2N3O. The Balaban J connectivity index is 2.09. The number of fused-ring (bicyclic) bond motifs is 2. The van der Waals surface area contributed by atoms with E-state index < -0.39 is 12.9 Å². The maximum Gasteiger partial charge on any atom is 0.639 e. The minimum Gasteiger partial charge on any atom is -0.420 e. The van der Waals surface area contributed by atoms with Gasteiger partial charge in [0.25, 0.3) is 5.84 Å². The summed E-state index contributed by atoms with van der Waals surface area (Å²) < 4.78 is 32.8. The number of hydrogen-bond donors (Lipinski definition) is 0. The van der Waals surface area contributed by atoms with Gasteiger partial charge in [-0.2, -0.15) is 4.90 Å². The van der Waals surface area contributed by atoms with Crippen molar-refractivity contribution in [3.8, 4) is 0 Å². The third-order valence-corrected chi connectivity index (χ3v) is 4.72. The first-order chi connectivity index (χ1) is 11.3. The van der Waals surface area contributed by atoms with E-state index >= 15 is 8.63 Å². The fourth-order valence-corrected chi connectivity index (χ4v) is 3.69. The normalized spacial score (nSPS) is 18.6. The highest BCUT2D eigenvalue weighted by atomic mass is 19.2. The summed E-state index contributed by atoms with van der Waals surface area (Å²) in [6.45, 7) is -0.705. The summed E-state index contributed by atoms with van der Waals surface area (Å²) in [4.78, 5) is 13.9. The quantitative estimate of drug-likeness (QED) is 0.740. The van der Waals surface area contributed by atoms with Crippen LogP contribution >= 0.6 is 0 Å². The zero-order valence-electron chi connectivity index (χ0n) is 13.6. The lowest BCUT2D eigenvalue weighted by atomic mass is 9.90. The van der Waals surface area contributed by atoms with Crippen LogP contribution in [0.4, 0.5) is 8.63 Å². The van der Waals surface area contributed by atoms with Crippen LogP contribution in [0.5, 0.6) is 0 Å². The molecule has 0 bridgehead atoms. The van der Waals surface area contributed by atoms with E-state index in [2.05, 4.69) is 0 Å². The molecule has 2 aliphatic heterocycles. The molecule has 4 nitrogen and oxygen atoms in total.